The van der Waals surface area contributed by atoms with Crippen LogP contribution in [0.4, 0.5) is 4.39 Å². The Morgan fingerprint density at radius 2 is 1.95 bits per heavy atom. The van der Waals surface area contributed by atoms with Crippen molar-refractivity contribution in [2.24, 2.45) is 0 Å². The first-order valence-corrected chi connectivity index (χ1v) is 7.72. The van der Waals surface area contributed by atoms with Crippen LogP contribution in [0.15, 0.2) is 42.5 Å². The van der Waals surface area contributed by atoms with Gasteiger partial charge in [0.2, 0.25) is 0 Å². The number of rotatable bonds is 6. The minimum atomic E-state index is -0.172. The Balaban J connectivity index is 2.26. The van der Waals surface area contributed by atoms with E-state index < -0.39 is 0 Å². The Kier molecular flexibility index (Phi) is 5.77. The van der Waals surface area contributed by atoms with Crippen LogP contribution < -0.4 is 5.32 Å². The smallest absolute Gasteiger partial charge is 0.127 e. The SMILES string of the molecule is CCCNC(Cc1ccc(C)cc1Cl)c1ccccc1F. The van der Waals surface area contributed by atoms with Gasteiger partial charge in [0.1, 0.15) is 5.82 Å². The van der Waals surface area contributed by atoms with Gasteiger partial charge in [0.15, 0.2) is 0 Å². The third-order valence-electron chi connectivity index (χ3n) is 3.55. The Labute approximate surface area is 131 Å². The van der Waals surface area contributed by atoms with E-state index in [1.807, 2.05) is 37.3 Å². The van der Waals surface area contributed by atoms with Crippen LogP contribution in [0.5, 0.6) is 0 Å². The fourth-order valence-corrected chi connectivity index (χ4v) is 2.72. The molecule has 2 aromatic rings. The van der Waals surface area contributed by atoms with Gasteiger partial charge < -0.3 is 5.32 Å². The van der Waals surface area contributed by atoms with Crippen molar-refractivity contribution in [3.63, 3.8) is 0 Å². The molecule has 0 aliphatic rings. The average molecular weight is 306 g/mol. The number of hydrogen-bond donors (Lipinski definition) is 1. The first kappa shape index (κ1) is 16.0. The quantitative estimate of drug-likeness (QED) is 0.785. The number of nitrogens with one attached hydrogen (secondary N) is 1. The van der Waals surface area contributed by atoms with Crippen molar-refractivity contribution in [1.82, 2.24) is 5.32 Å². The van der Waals surface area contributed by atoms with Gasteiger partial charge in [-0.2, -0.15) is 0 Å². The monoisotopic (exact) mass is 305 g/mol. The molecule has 0 amide bonds. The summed E-state index contributed by atoms with van der Waals surface area (Å²) in [7, 11) is 0. The zero-order valence-corrected chi connectivity index (χ0v) is 13.3. The van der Waals surface area contributed by atoms with Gasteiger partial charge in [-0.1, -0.05) is 48.9 Å². The van der Waals surface area contributed by atoms with Crippen molar-refractivity contribution in [2.75, 3.05) is 6.54 Å². The number of halogens is 2. The zero-order valence-electron chi connectivity index (χ0n) is 12.5. The maximum Gasteiger partial charge on any atom is 0.127 e. The molecule has 1 N–H and O–H groups in total. The number of benzene rings is 2. The first-order chi connectivity index (χ1) is 10.1. The molecule has 0 saturated carbocycles. The molecule has 2 rings (SSSR count). The molecule has 0 aliphatic heterocycles. The molecule has 0 heterocycles. The van der Waals surface area contributed by atoms with Crippen molar-refractivity contribution in [3.05, 3.63) is 70.0 Å². The van der Waals surface area contributed by atoms with E-state index in [9.17, 15) is 4.39 Å². The first-order valence-electron chi connectivity index (χ1n) is 7.34. The van der Waals surface area contributed by atoms with E-state index in [0.717, 1.165) is 29.1 Å². The number of aryl methyl sites for hydroxylation is 1. The van der Waals surface area contributed by atoms with E-state index >= 15 is 0 Å². The van der Waals surface area contributed by atoms with Crippen LogP contribution in [-0.4, -0.2) is 6.54 Å². The van der Waals surface area contributed by atoms with Crippen LogP contribution >= 0.6 is 11.6 Å². The summed E-state index contributed by atoms with van der Waals surface area (Å²) in [5, 5.41) is 4.16. The largest absolute Gasteiger partial charge is 0.310 e. The normalized spacial score (nSPS) is 12.4. The molecule has 1 nitrogen and oxygen atoms in total. The molecule has 0 saturated heterocycles. The minimum Gasteiger partial charge on any atom is -0.310 e. The second-order valence-electron chi connectivity index (χ2n) is 5.33. The van der Waals surface area contributed by atoms with Gasteiger partial charge in [-0.25, -0.2) is 4.39 Å². The molecule has 0 aromatic heterocycles. The lowest BCUT2D eigenvalue weighted by Crippen LogP contribution is -2.25. The lowest BCUT2D eigenvalue weighted by Gasteiger charge is -2.20. The molecule has 3 heteroatoms. The molecule has 0 spiro atoms. The molecule has 1 atom stereocenters. The van der Waals surface area contributed by atoms with E-state index in [4.69, 9.17) is 11.6 Å². The van der Waals surface area contributed by atoms with Crippen LogP contribution in [0.2, 0.25) is 5.02 Å². The maximum atomic E-state index is 14.1. The topological polar surface area (TPSA) is 12.0 Å². The summed E-state index contributed by atoms with van der Waals surface area (Å²) in [5.74, 6) is -0.172. The number of hydrogen-bond acceptors (Lipinski definition) is 1. The summed E-state index contributed by atoms with van der Waals surface area (Å²) >= 11 is 6.31. The van der Waals surface area contributed by atoms with Gasteiger partial charge >= 0.3 is 0 Å². The predicted octanol–water partition coefficient (Wildman–Crippen LogP) is 5.07. The van der Waals surface area contributed by atoms with Gasteiger partial charge in [-0.15, -0.1) is 0 Å². The highest BCUT2D eigenvalue weighted by atomic mass is 35.5. The second-order valence-corrected chi connectivity index (χ2v) is 5.73. The highest BCUT2D eigenvalue weighted by molar-refractivity contribution is 6.31. The van der Waals surface area contributed by atoms with Gasteiger partial charge in [-0.05, 0) is 49.6 Å². The van der Waals surface area contributed by atoms with E-state index in [2.05, 4.69) is 12.2 Å². The molecular formula is C18H21ClFN. The summed E-state index contributed by atoms with van der Waals surface area (Å²) in [5.41, 5.74) is 2.87. The molecule has 2 aromatic carbocycles. The minimum absolute atomic E-state index is 0.0636. The van der Waals surface area contributed by atoms with Gasteiger partial charge in [-0.3, -0.25) is 0 Å². The molecule has 0 fully saturated rings. The lowest BCUT2D eigenvalue weighted by atomic mass is 9.97. The molecule has 0 radical (unpaired) electrons. The van der Waals surface area contributed by atoms with Crippen molar-refractivity contribution in [2.45, 2.75) is 32.7 Å². The fraction of sp³-hybridized carbons (Fsp3) is 0.333. The lowest BCUT2D eigenvalue weighted by molar-refractivity contribution is 0.497. The summed E-state index contributed by atoms with van der Waals surface area (Å²) in [6.45, 7) is 4.96. The van der Waals surface area contributed by atoms with Crippen molar-refractivity contribution in [3.8, 4) is 0 Å². The van der Waals surface area contributed by atoms with Crippen molar-refractivity contribution < 1.29 is 4.39 Å². The average Bonchev–Trinajstić information content (AvgIpc) is 2.46. The summed E-state index contributed by atoms with van der Waals surface area (Å²) in [6.07, 6.45) is 1.69. The second kappa shape index (κ2) is 7.58. The van der Waals surface area contributed by atoms with Crippen molar-refractivity contribution >= 4 is 11.6 Å². The third kappa shape index (κ3) is 4.29. The summed E-state index contributed by atoms with van der Waals surface area (Å²) in [6, 6.07) is 12.9. The van der Waals surface area contributed by atoms with E-state index in [1.54, 1.807) is 6.07 Å². The molecule has 1 unspecified atom stereocenters. The highest BCUT2D eigenvalue weighted by Crippen LogP contribution is 2.26. The zero-order chi connectivity index (χ0) is 15.2. The molecule has 112 valence electrons. The van der Waals surface area contributed by atoms with Crippen LogP contribution in [0.1, 0.15) is 36.1 Å². The Morgan fingerprint density at radius 1 is 1.19 bits per heavy atom. The van der Waals surface area contributed by atoms with Crippen LogP contribution in [0, 0.1) is 12.7 Å². The summed E-state index contributed by atoms with van der Waals surface area (Å²) < 4.78 is 14.1. The van der Waals surface area contributed by atoms with Gasteiger partial charge in [0.25, 0.3) is 0 Å². The van der Waals surface area contributed by atoms with E-state index in [0.29, 0.717) is 12.0 Å². The molecule has 21 heavy (non-hydrogen) atoms. The third-order valence-corrected chi connectivity index (χ3v) is 3.91. The van der Waals surface area contributed by atoms with E-state index in [-0.39, 0.29) is 11.9 Å². The fourth-order valence-electron chi connectivity index (χ4n) is 2.41. The molecule has 0 aliphatic carbocycles. The predicted molar refractivity (Wildman–Crippen MR) is 87.3 cm³/mol. The van der Waals surface area contributed by atoms with Gasteiger partial charge in [0.05, 0.1) is 0 Å². The van der Waals surface area contributed by atoms with Gasteiger partial charge in [0, 0.05) is 16.6 Å². The van der Waals surface area contributed by atoms with Crippen LogP contribution in [-0.2, 0) is 6.42 Å². The van der Waals surface area contributed by atoms with E-state index in [1.165, 1.54) is 6.07 Å². The Bertz CT molecular complexity index is 598. The Hall–Kier alpha value is -1.38. The Morgan fingerprint density at radius 3 is 2.62 bits per heavy atom. The molecule has 0 bridgehead atoms. The standard InChI is InChI=1S/C18H21ClFN/c1-3-10-21-18(15-6-4-5-7-17(15)20)12-14-9-8-13(2)11-16(14)19/h4-9,11,18,21H,3,10,12H2,1-2H3. The summed E-state index contributed by atoms with van der Waals surface area (Å²) in [4.78, 5) is 0. The highest BCUT2D eigenvalue weighted by Gasteiger charge is 2.16. The van der Waals surface area contributed by atoms with Crippen molar-refractivity contribution in [1.29, 1.82) is 0 Å². The molecular weight excluding hydrogens is 285 g/mol. The van der Waals surface area contributed by atoms with Crippen LogP contribution in [0.3, 0.4) is 0 Å². The maximum absolute atomic E-state index is 14.1. The van der Waals surface area contributed by atoms with Crippen LogP contribution in [0.25, 0.3) is 0 Å².